The van der Waals surface area contributed by atoms with E-state index in [-0.39, 0.29) is 0 Å². The molecule has 1 aromatic carbocycles. The van der Waals surface area contributed by atoms with Crippen molar-refractivity contribution in [2.24, 2.45) is 11.8 Å². The first-order valence-corrected chi connectivity index (χ1v) is 8.13. The van der Waals surface area contributed by atoms with Crippen LogP contribution in [0.4, 0.5) is 0 Å². The molecule has 1 aliphatic carbocycles. The van der Waals surface area contributed by atoms with Gasteiger partial charge in [0.25, 0.3) is 0 Å². The van der Waals surface area contributed by atoms with Gasteiger partial charge >= 0.3 is 0 Å². The largest absolute Gasteiger partial charge is 0.310 e. The van der Waals surface area contributed by atoms with Crippen molar-refractivity contribution < 1.29 is 0 Å². The second-order valence-corrected chi connectivity index (χ2v) is 6.02. The van der Waals surface area contributed by atoms with Crippen LogP contribution in [-0.4, -0.2) is 6.54 Å². The molecule has 1 fully saturated rings. The number of benzene rings is 1. The van der Waals surface area contributed by atoms with E-state index < -0.39 is 0 Å². The molecule has 1 aromatic rings. The summed E-state index contributed by atoms with van der Waals surface area (Å²) >= 11 is 0. The van der Waals surface area contributed by atoms with E-state index >= 15 is 0 Å². The molecule has 1 heteroatoms. The standard InChI is InChI=1S/C18H29N/c1-3-8-15-11-13-17(14-12-15)18(19-4-2)16-9-6-5-7-10-16/h5-7,9-10,15,17-19H,3-4,8,11-14H2,1-2H3. The fourth-order valence-electron chi connectivity index (χ4n) is 3.66. The van der Waals surface area contributed by atoms with Gasteiger partial charge in [0, 0.05) is 6.04 Å². The summed E-state index contributed by atoms with van der Waals surface area (Å²) in [4.78, 5) is 0. The lowest BCUT2D eigenvalue weighted by atomic mass is 9.75. The molecule has 0 aromatic heterocycles. The summed E-state index contributed by atoms with van der Waals surface area (Å²) in [7, 11) is 0. The molecule has 1 atom stereocenters. The first-order valence-electron chi connectivity index (χ1n) is 8.13. The monoisotopic (exact) mass is 259 g/mol. The Morgan fingerprint density at radius 1 is 1.05 bits per heavy atom. The van der Waals surface area contributed by atoms with Crippen LogP contribution in [-0.2, 0) is 0 Å². The van der Waals surface area contributed by atoms with Crippen LogP contribution >= 0.6 is 0 Å². The topological polar surface area (TPSA) is 12.0 Å². The minimum Gasteiger partial charge on any atom is -0.310 e. The van der Waals surface area contributed by atoms with E-state index in [1.807, 2.05) is 0 Å². The number of nitrogens with one attached hydrogen (secondary N) is 1. The van der Waals surface area contributed by atoms with Crippen molar-refractivity contribution in [3.63, 3.8) is 0 Å². The third-order valence-corrected chi connectivity index (χ3v) is 4.64. The summed E-state index contributed by atoms with van der Waals surface area (Å²) < 4.78 is 0. The average Bonchev–Trinajstić information content (AvgIpc) is 2.47. The van der Waals surface area contributed by atoms with Crippen molar-refractivity contribution in [2.75, 3.05) is 6.54 Å². The van der Waals surface area contributed by atoms with Crippen LogP contribution in [0.1, 0.15) is 64.0 Å². The summed E-state index contributed by atoms with van der Waals surface area (Å²) in [6, 6.07) is 11.6. The van der Waals surface area contributed by atoms with Gasteiger partial charge in [-0.15, -0.1) is 0 Å². The van der Waals surface area contributed by atoms with Crippen LogP contribution in [0.25, 0.3) is 0 Å². The molecule has 0 aliphatic heterocycles. The first-order chi connectivity index (χ1) is 9.35. The van der Waals surface area contributed by atoms with E-state index in [1.54, 1.807) is 0 Å². The summed E-state index contributed by atoms with van der Waals surface area (Å²) in [5.74, 6) is 1.83. The van der Waals surface area contributed by atoms with Crippen molar-refractivity contribution in [3.05, 3.63) is 35.9 Å². The van der Waals surface area contributed by atoms with Crippen molar-refractivity contribution >= 4 is 0 Å². The van der Waals surface area contributed by atoms with Crippen LogP contribution in [0.15, 0.2) is 30.3 Å². The quantitative estimate of drug-likeness (QED) is 0.762. The van der Waals surface area contributed by atoms with Crippen molar-refractivity contribution in [2.45, 2.75) is 58.4 Å². The van der Waals surface area contributed by atoms with E-state index in [0.717, 1.165) is 18.4 Å². The van der Waals surface area contributed by atoms with Gasteiger partial charge in [-0.1, -0.05) is 69.9 Å². The lowest BCUT2D eigenvalue weighted by Crippen LogP contribution is -2.31. The van der Waals surface area contributed by atoms with Gasteiger partial charge in [0.15, 0.2) is 0 Å². The van der Waals surface area contributed by atoms with Crippen LogP contribution in [0.5, 0.6) is 0 Å². The molecule has 106 valence electrons. The van der Waals surface area contributed by atoms with Crippen LogP contribution in [0, 0.1) is 11.8 Å². The van der Waals surface area contributed by atoms with Gasteiger partial charge in [-0.2, -0.15) is 0 Å². The maximum Gasteiger partial charge on any atom is 0.0348 e. The molecule has 1 aliphatic rings. The second kappa shape index (κ2) is 7.69. The van der Waals surface area contributed by atoms with Crippen LogP contribution < -0.4 is 5.32 Å². The summed E-state index contributed by atoms with van der Waals surface area (Å²) in [5, 5.41) is 3.72. The Morgan fingerprint density at radius 2 is 1.74 bits per heavy atom. The van der Waals surface area contributed by atoms with E-state index in [9.17, 15) is 0 Å². The molecule has 0 amide bonds. The highest BCUT2D eigenvalue weighted by Crippen LogP contribution is 2.38. The number of hydrogen-bond acceptors (Lipinski definition) is 1. The Hall–Kier alpha value is -0.820. The lowest BCUT2D eigenvalue weighted by molar-refractivity contribution is 0.216. The molecule has 1 nitrogen and oxygen atoms in total. The minimum atomic E-state index is 0.564. The fraction of sp³-hybridized carbons (Fsp3) is 0.667. The summed E-state index contributed by atoms with van der Waals surface area (Å²) in [6.45, 7) is 5.60. The van der Waals surface area contributed by atoms with Gasteiger partial charge < -0.3 is 5.32 Å². The van der Waals surface area contributed by atoms with Crippen molar-refractivity contribution in [1.82, 2.24) is 5.32 Å². The average molecular weight is 259 g/mol. The maximum absolute atomic E-state index is 3.72. The Morgan fingerprint density at radius 3 is 2.32 bits per heavy atom. The highest BCUT2D eigenvalue weighted by molar-refractivity contribution is 5.19. The van der Waals surface area contributed by atoms with Crippen LogP contribution in [0.3, 0.4) is 0 Å². The molecular weight excluding hydrogens is 230 g/mol. The van der Waals surface area contributed by atoms with Gasteiger partial charge in [-0.05, 0) is 36.8 Å². The van der Waals surface area contributed by atoms with Crippen molar-refractivity contribution in [3.8, 4) is 0 Å². The highest BCUT2D eigenvalue weighted by atomic mass is 14.9. The zero-order valence-corrected chi connectivity index (χ0v) is 12.6. The first kappa shape index (κ1) is 14.6. The highest BCUT2D eigenvalue weighted by Gasteiger charge is 2.27. The van der Waals surface area contributed by atoms with E-state index in [2.05, 4.69) is 49.5 Å². The van der Waals surface area contributed by atoms with E-state index in [4.69, 9.17) is 0 Å². The Balaban J connectivity index is 1.97. The second-order valence-electron chi connectivity index (χ2n) is 6.02. The summed E-state index contributed by atoms with van der Waals surface area (Å²) in [5.41, 5.74) is 1.48. The lowest BCUT2D eigenvalue weighted by Gasteiger charge is -2.34. The smallest absolute Gasteiger partial charge is 0.0348 e. The summed E-state index contributed by atoms with van der Waals surface area (Å²) in [6.07, 6.45) is 8.46. The molecule has 19 heavy (non-hydrogen) atoms. The SMILES string of the molecule is CCCC1CCC(C(NCC)c2ccccc2)CC1. The Labute approximate surface area is 118 Å². The van der Waals surface area contributed by atoms with E-state index in [0.29, 0.717) is 6.04 Å². The van der Waals surface area contributed by atoms with E-state index in [1.165, 1.54) is 44.1 Å². The molecule has 0 radical (unpaired) electrons. The number of rotatable bonds is 6. The molecular formula is C18H29N. The molecule has 1 saturated carbocycles. The predicted octanol–water partition coefficient (Wildman–Crippen LogP) is 4.94. The Kier molecular flexibility index (Phi) is 5.91. The zero-order valence-electron chi connectivity index (χ0n) is 12.6. The van der Waals surface area contributed by atoms with Gasteiger partial charge in [-0.25, -0.2) is 0 Å². The fourth-order valence-corrected chi connectivity index (χ4v) is 3.66. The molecule has 1 unspecified atom stereocenters. The maximum atomic E-state index is 3.72. The third-order valence-electron chi connectivity index (χ3n) is 4.64. The normalized spacial score (nSPS) is 25.2. The van der Waals surface area contributed by atoms with Gasteiger partial charge in [0.2, 0.25) is 0 Å². The van der Waals surface area contributed by atoms with Crippen molar-refractivity contribution in [1.29, 1.82) is 0 Å². The van der Waals surface area contributed by atoms with Gasteiger partial charge in [0.1, 0.15) is 0 Å². The van der Waals surface area contributed by atoms with Crippen LogP contribution in [0.2, 0.25) is 0 Å². The molecule has 0 spiro atoms. The zero-order chi connectivity index (χ0) is 13.5. The molecule has 1 N–H and O–H groups in total. The van der Waals surface area contributed by atoms with Gasteiger partial charge in [0.05, 0.1) is 0 Å². The predicted molar refractivity (Wildman–Crippen MR) is 83.2 cm³/mol. The van der Waals surface area contributed by atoms with Gasteiger partial charge in [-0.3, -0.25) is 0 Å². The Bertz CT molecular complexity index is 338. The molecule has 0 heterocycles. The molecule has 0 bridgehead atoms. The molecule has 0 saturated heterocycles. The third kappa shape index (κ3) is 4.07. The minimum absolute atomic E-state index is 0.564. The molecule has 2 rings (SSSR count). The number of hydrogen-bond donors (Lipinski definition) is 1.